The number of hydrogen-bond acceptors (Lipinski definition) is 3. The molecule has 1 rings (SSSR count). The van der Waals surface area contributed by atoms with Gasteiger partial charge in [-0.15, -0.1) is 0 Å². The summed E-state index contributed by atoms with van der Waals surface area (Å²) in [5, 5.41) is 0. The minimum absolute atomic E-state index is 0.0568. The summed E-state index contributed by atoms with van der Waals surface area (Å²) in [6, 6.07) is 5.76. The Bertz CT molecular complexity index is 481. The van der Waals surface area contributed by atoms with E-state index in [1.807, 2.05) is 18.2 Å². The van der Waals surface area contributed by atoms with Crippen LogP contribution in [0.3, 0.4) is 0 Å². The van der Waals surface area contributed by atoms with Gasteiger partial charge < -0.3 is 4.74 Å². The van der Waals surface area contributed by atoms with Crippen molar-refractivity contribution >= 4 is 19.7 Å². The lowest BCUT2D eigenvalue weighted by atomic mass is 9.99. The molecule has 0 saturated heterocycles. The van der Waals surface area contributed by atoms with Gasteiger partial charge in [-0.3, -0.25) is 0 Å². The summed E-state index contributed by atoms with van der Waals surface area (Å²) in [5.74, 6) is 1.11. The van der Waals surface area contributed by atoms with Gasteiger partial charge in [0.15, 0.2) is 0 Å². The molecule has 17 heavy (non-hydrogen) atoms. The molecular formula is C12H17ClO3S. The van der Waals surface area contributed by atoms with Crippen LogP contribution in [0, 0.1) is 0 Å². The number of halogens is 1. The van der Waals surface area contributed by atoms with Crippen molar-refractivity contribution in [3.8, 4) is 5.75 Å². The minimum atomic E-state index is -3.44. The summed E-state index contributed by atoms with van der Waals surface area (Å²) < 4.78 is 27.0. The molecule has 1 aromatic rings. The van der Waals surface area contributed by atoms with Crippen molar-refractivity contribution in [3.05, 3.63) is 29.3 Å². The van der Waals surface area contributed by atoms with E-state index < -0.39 is 9.05 Å². The van der Waals surface area contributed by atoms with Crippen LogP contribution in [0.15, 0.2) is 18.2 Å². The van der Waals surface area contributed by atoms with Crippen molar-refractivity contribution < 1.29 is 13.2 Å². The Morgan fingerprint density at radius 1 is 1.35 bits per heavy atom. The van der Waals surface area contributed by atoms with Crippen LogP contribution in [0.2, 0.25) is 0 Å². The molecule has 0 unspecified atom stereocenters. The van der Waals surface area contributed by atoms with Crippen LogP contribution in [-0.4, -0.2) is 21.3 Å². The summed E-state index contributed by atoms with van der Waals surface area (Å²) in [7, 11) is 3.36. The highest BCUT2D eigenvalue weighted by molar-refractivity contribution is 8.13. The van der Waals surface area contributed by atoms with Gasteiger partial charge in [-0.25, -0.2) is 8.42 Å². The van der Waals surface area contributed by atoms with E-state index in [4.69, 9.17) is 15.4 Å². The predicted octanol–water partition coefficient (Wildman–Crippen LogP) is 2.93. The van der Waals surface area contributed by atoms with E-state index >= 15 is 0 Å². The van der Waals surface area contributed by atoms with E-state index in [9.17, 15) is 8.42 Å². The highest BCUT2D eigenvalue weighted by atomic mass is 35.7. The van der Waals surface area contributed by atoms with Crippen LogP contribution in [-0.2, 0) is 15.5 Å². The molecule has 3 nitrogen and oxygen atoms in total. The van der Waals surface area contributed by atoms with Gasteiger partial charge in [-0.05, 0) is 29.5 Å². The van der Waals surface area contributed by atoms with Crippen LogP contribution in [0.1, 0.15) is 30.9 Å². The average molecular weight is 277 g/mol. The fourth-order valence-corrected chi connectivity index (χ4v) is 2.34. The van der Waals surface area contributed by atoms with Gasteiger partial charge >= 0.3 is 0 Å². The lowest BCUT2D eigenvalue weighted by Crippen LogP contribution is -2.02. The molecule has 96 valence electrons. The highest BCUT2D eigenvalue weighted by Gasteiger charge is 2.10. The van der Waals surface area contributed by atoms with Crippen molar-refractivity contribution in [1.82, 2.24) is 0 Å². The first-order chi connectivity index (χ1) is 7.83. The fraction of sp³-hybridized carbons (Fsp3) is 0.500. The van der Waals surface area contributed by atoms with E-state index in [1.165, 1.54) is 0 Å². The van der Waals surface area contributed by atoms with E-state index in [1.54, 1.807) is 7.11 Å². The Morgan fingerprint density at radius 3 is 2.47 bits per heavy atom. The Morgan fingerprint density at radius 2 is 2.00 bits per heavy atom. The SMILES string of the molecule is COc1cc(CCS(=O)(=O)Cl)ccc1C(C)C. The Balaban J connectivity index is 2.90. The average Bonchev–Trinajstić information content (AvgIpc) is 2.24. The Labute approximate surface area is 107 Å². The van der Waals surface area contributed by atoms with Gasteiger partial charge in [0.25, 0.3) is 0 Å². The van der Waals surface area contributed by atoms with E-state index in [2.05, 4.69) is 13.8 Å². The van der Waals surface area contributed by atoms with Crippen LogP contribution in [0.25, 0.3) is 0 Å². The van der Waals surface area contributed by atoms with Crippen molar-refractivity contribution in [3.63, 3.8) is 0 Å². The summed E-state index contributed by atoms with van der Waals surface area (Å²) in [6.45, 7) is 4.17. The van der Waals surface area contributed by atoms with Crippen LogP contribution in [0.4, 0.5) is 0 Å². The molecule has 0 heterocycles. The van der Waals surface area contributed by atoms with Crippen molar-refractivity contribution in [2.24, 2.45) is 0 Å². The molecular weight excluding hydrogens is 260 g/mol. The smallest absolute Gasteiger partial charge is 0.232 e. The molecule has 0 aliphatic carbocycles. The molecule has 1 aromatic carbocycles. The zero-order chi connectivity index (χ0) is 13.1. The lowest BCUT2D eigenvalue weighted by molar-refractivity contribution is 0.407. The topological polar surface area (TPSA) is 43.4 Å². The molecule has 0 bridgehead atoms. The van der Waals surface area contributed by atoms with E-state index in [-0.39, 0.29) is 5.75 Å². The van der Waals surface area contributed by atoms with Crippen LogP contribution >= 0.6 is 10.7 Å². The van der Waals surface area contributed by atoms with Crippen molar-refractivity contribution in [2.75, 3.05) is 12.9 Å². The molecule has 0 aliphatic rings. The number of benzene rings is 1. The van der Waals surface area contributed by atoms with Crippen LogP contribution in [0.5, 0.6) is 5.75 Å². The second-order valence-electron chi connectivity index (χ2n) is 4.22. The monoisotopic (exact) mass is 276 g/mol. The van der Waals surface area contributed by atoms with E-state index in [0.29, 0.717) is 12.3 Å². The maximum atomic E-state index is 10.9. The molecule has 0 atom stereocenters. The molecule has 0 fully saturated rings. The van der Waals surface area contributed by atoms with Gasteiger partial charge in [-0.1, -0.05) is 26.0 Å². The van der Waals surface area contributed by atoms with Gasteiger partial charge in [0.05, 0.1) is 12.9 Å². The second kappa shape index (κ2) is 5.74. The number of rotatable bonds is 5. The first kappa shape index (κ1) is 14.3. The zero-order valence-electron chi connectivity index (χ0n) is 10.2. The molecule has 0 aliphatic heterocycles. The number of hydrogen-bond donors (Lipinski definition) is 0. The van der Waals surface area contributed by atoms with Gasteiger partial charge in [0.1, 0.15) is 5.75 Å². The first-order valence-electron chi connectivity index (χ1n) is 5.42. The third-order valence-corrected chi connectivity index (χ3v) is 3.71. The third-order valence-electron chi connectivity index (χ3n) is 2.55. The summed E-state index contributed by atoms with van der Waals surface area (Å²) in [4.78, 5) is 0. The first-order valence-corrected chi connectivity index (χ1v) is 7.90. The van der Waals surface area contributed by atoms with Crippen molar-refractivity contribution in [1.29, 1.82) is 0 Å². The maximum Gasteiger partial charge on any atom is 0.232 e. The summed E-state index contributed by atoms with van der Waals surface area (Å²) >= 11 is 0. The number of aryl methyl sites for hydroxylation is 1. The number of ether oxygens (including phenoxy) is 1. The lowest BCUT2D eigenvalue weighted by Gasteiger charge is -2.13. The Hall–Kier alpha value is -0.740. The molecule has 0 N–H and O–H groups in total. The molecule has 0 radical (unpaired) electrons. The molecule has 5 heteroatoms. The predicted molar refractivity (Wildman–Crippen MR) is 70.4 cm³/mol. The normalized spacial score (nSPS) is 11.8. The molecule has 0 aromatic heterocycles. The van der Waals surface area contributed by atoms with E-state index in [0.717, 1.165) is 16.9 Å². The zero-order valence-corrected chi connectivity index (χ0v) is 11.8. The molecule has 0 saturated carbocycles. The van der Waals surface area contributed by atoms with Crippen molar-refractivity contribution in [2.45, 2.75) is 26.2 Å². The largest absolute Gasteiger partial charge is 0.496 e. The molecule has 0 spiro atoms. The quantitative estimate of drug-likeness (QED) is 0.777. The number of methoxy groups -OCH3 is 1. The van der Waals surface area contributed by atoms with Gasteiger partial charge in [0, 0.05) is 10.7 Å². The second-order valence-corrected chi connectivity index (χ2v) is 7.12. The standard InChI is InChI=1S/C12H17ClO3S/c1-9(2)11-5-4-10(8-12(11)16-3)6-7-17(13,14)15/h4-5,8-9H,6-7H2,1-3H3. The third kappa shape index (κ3) is 4.56. The van der Waals surface area contributed by atoms with Gasteiger partial charge in [0.2, 0.25) is 9.05 Å². The van der Waals surface area contributed by atoms with Crippen LogP contribution < -0.4 is 4.74 Å². The molecule has 0 amide bonds. The maximum absolute atomic E-state index is 10.9. The minimum Gasteiger partial charge on any atom is -0.496 e. The highest BCUT2D eigenvalue weighted by Crippen LogP contribution is 2.27. The Kier molecular flexibility index (Phi) is 4.83. The fourth-order valence-electron chi connectivity index (χ4n) is 1.63. The summed E-state index contributed by atoms with van der Waals surface area (Å²) in [5.41, 5.74) is 2.03. The van der Waals surface area contributed by atoms with Gasteiger partial charge in [-0.2, -0.15) is 0 Å². The summed E-state index contributed by atoms with van der Waals surface area (Å²) in [6.07, 6.45) is 0.403.